The SMILES string of the molecule is COC(=O)[C@H](CC(C)C)NC(=O)N1CCc2[nH]cnc2C1c1ccc(F)cc1F. The zero-order valence-corrected chi connectivity index (χ0v) is 16.5. The molecule has 0 bridgehead atoms. The number of methoxy groups -OCH3 is 1. The fourth-order valence-corrected chi connectivity index (χ4v) is 3.59. The molecule has 0 fully saturated rings. The summed E-state index contributed by atoms with van der Waals surface area (Å²) in [4.78, 5) is 33.8. The quantitative estimate of drug-likeness (QED) is 0.748. The van der Waals surface area contributed by atoms with Gasteiger partial charge >= 0.3 is 12.0 Å². The summed E-state index contributed by atoms with van der Waals surface area (Å²) < 4.78 is 32.8. The molecule has 0 saturated heterocycles. The van der Waals surface area contributed by atoms with E-state index in [0.717, 1.165) is 17.8 Å². The predicted molar refractivity (Wildman–Crippen MR) is 101 cm³/mol. The summed E-state index contributed by atoms with van der Waals surface area (Å²) in [5.74, 6) is -1.88. The third-order valence-electron chi connectivity index (χ3n) is 4.93. The van der Waals surface area contributed by atoms with Gasteiger partial charge in [0.15, 0.2) is 0 Å². The van der Waals surface area contributed by atoms with Crippen molar-refractivity contribution in [3.8, 4) is 0 Å². The number of nitrogens with zero attached hydrogens (tertiary/aromatic N) is 2. The van der Waals surface area contributed by atoms with Crippen LogP contribution in [0.15, 0.2) is 24.5 Å². The van der Waals surface area contributed by atoms with Crippen molar-refractivity contribution in [1.29, 1.82) is 0 Å². The van der Waals surface area contributed by atoms with Crippen molar-refractivity contribution in [3.05, 3.63) is 53.1 Å². The van der Waals surface area contributed by atoms with Gasteiger partial charge in [-0.15, -0.1) is 0 Å². The van der Waals surface area contributed by atoms with Crippen molar-refractivity contribution < 1.29 is 23.1 Å². The fourth-order valence-electron chi connectivity index (χ4n) is 3.59. The molecule has 0 saturated carbocycles. The molecular weight excluding hydrogens is 382 g/mol. The van der Waals surface area contributed by atoms with E-state index in [1.165, 1.54) is 24.4 Å². The van der Waals surface area contributed by atoms with Gasteiger partial charge in [-0.2, -0.15) is 0 Å². The zero-order chi connectivity index (χ0) is 21.1. The number of esters is 1. The molecule has 2 amide bonds. The van der Waals surface area contributed by atoms with Crippen molar-refractivity contribution >= 4 is 12.0 Å². The molecule has 29 heavy (non-hydrogen) atoms. The minimum Gasteiger partial charge on any atom is -0.467 e. The van der Waals surface area contributed by atoms with Crippen LogP contribution in [0.3, 0.4) is 0 Å². The van der Waals surface area contributed by atoms with Crippen LogP contribution in [-0.4, -0.2) is 46.6 Å². The first-order chi connectivity index (χ1) is 13.8. The standard InChI is InChI=1S/C20H24F2N4O3/c1-11(2)8-16(19(27)29-3)25-20(28)26-7-6-15-17(24-10-23-15)18(26)13-5-4-12(21)9-14(13)22/h4-5,9-11,16,18H,6-8H2,1-3H3,(H,23,24)(H,25,28)/t16-,18?/m0/s1. The summed E-state index contributed by atoms with van der Waals surface area (Å²) in [6.07, 6.45) is 2.38. The van der Waals surface area contributed by atoms with Crippen molar-refractivity contribution in [3.63, 3.8) is 0 Å². The number of aromatic nitrogens is 2. The monoisotopic (exact) mass is 406 g/mol. The van der Waals surface area contributed by atoms with Gasteiger partial charge in [-0.25, -0.2) is 23.4 Å². The Morgan fingerprint density at radius 2 is 2.14 bits per heavy atom. The Morgan fingerprint density at radius 3 is 2.79 bits per heavy atom. The lowest BCUT2D eigenvalue weighted by molar-refractivity contribution is -0.143. The first-order valence-electron chi connectivity index (χ1n) is 9.43. The lowest BCUT2D eigenvalue weighted by Crippen LogP contribution is -2.51. The summed E-state index contributed by atoms with van der Waals surface area (Å²) in [5.41, 5.74) is 1.41. The third kappa shape index (κ3) is 4.38. The van der Waals surface area contributed by atoms with E-state index in [-0.39, 0.29) is 18.0 Å². The maximum absolute atomic E-state index is 14.6. The lowest BCUT2D eigenvalue weighted by atomic mass is 9.95. The van der Waals surface area contributed by atoms with Crippen molar-refractivity contribution in [2.24, 2.45) is 5.92 Å². The number of halogens is 2. The van der Waals surface area contributed by atoms with E-state index in [1.807, 2.05) is 13.8 Å². The maximum Gasteiger partial charge on any atom is 0.328 e. The molecule has 2 heterocycles. The minimum atomic E-state index is -0.844. The van der Waals surface area contributed by atoms with Gasteiger partial charge in [0.05, 0.1) is 19.1 Å². The molecule has 1 aliphatic rings. The summed E-state index contributed by atoms with van der Waals surface area (Å²) >= 11 is 0. The number of carbonyl (C=O) groups is 2. The average Bonchev–Trinajstić information content (AvgIpc) is 3.15. The van der Waals surface area contributed by atoms with Gasteiger partial charge in [0.2, 0.25) is 0 Å². The Balaban J connectivity index is 1.93. The summed E-state index contributed by atoms with van der Waals surface area (Å²) in [6, 6.07) is 1.03. The molecule has 2 N–H and O–H groups in total. The van der Waals surface area contributed by atoms with E-state index in [1.54, 1.807) is 0 Å². The van der Waals surface area contributed by atoms with Crippen LogP contribution in [0, 0.1) is 17.6 Å². The molecule has 1 unspecified atom stereocenters. The van der Waals surface area contributed by atoms with Gasteiger partial charge in [0.25, 0.3) is 0 Å². The number of H-pyrrole nitrogens is 1. The van der Waals surface area contributed by atoms with Crippen LogP contribution in [-0.2, 0) is 16.0 Å². The van der Waals surface area contributed by atoms with Crippen LogP contribution in [0.2, 0.25) is 0 Å². The second-order valence-corrected chi connectivity index (χ2v) is 7.43. The molecule has 1 aromatic carbocycles. The Kier molecular flexibility index (Phi) is 6.14. The Hall–Kier alpha value is -2.97. The smallest absolute Gasteiger partial charge is 0.328 e. The summed E-state index contributed by atoms with van der Waals surface area (Å²) in [5, 5.41) is 2.70. The summed E-state index contributed by atoms with van der Waals surface area (Å²) in [6.45, 7) is 4.13. The Labute approximate surface area is 167 Å². The van der Waals surface area contributed by atoms with E-state index >= 15 is 0 Å². The normalized spacial score (nSPS) is 17.0. The molecule has 2 atom stereocenters. The molecule has 0 aliphatic carbocycles. The number of urea groups is 1. The minimum absolute atomic E-state index is 0.132. The van der Waals surface area contributed by atoms with Gasteiger partial charge in [0.1, 0.15) is 23.7 Å². The highest BCUT2D eigenvalue weighted by molar-refractivity contribution is 5.84. The average molecular weight is 406 g/mol. The Morgan fingerprint density at radius 1 is 1.38 bits per heavy atom. The van der Waals surface area contributed by atoms with E-state index in [9.17, 15) is 18.4 Å². The van der Waals surface area contributed by atoms with Crippen molar-refractivity contribution in [1.82, 2.24) is 20.2 Å². The number of ether oxygens (including phenoxy) is 1. The van der Waals surface area contributed by atoms with Crippen molar-refractivity contribution in [2.75, 3.05) is 13.7 Å². The number of fused-ring (bicyclic) bond motifs is 1. The zero-order valence-electron chi connectivity index (χ0n) is 16.5. The number of carbonyl (C=O) groups excluding carboxylic acids is 2. The number of rotatable bonds is 5. The fraction of sp³-hybridized carbons (Fsp3) is 0.450. The predicted octanol–water partition coefficient (Wildman–Crippen LogP) is 2.93. The lowest BCUT2D eigenvalue weighted by Gasteiger charge is -2.36. The first-order valence-corrected chi connectivity index (χ1v) is 9.43. The number of nitrogens with one attached hydrogen (secondary N) is 2. The van der Waals surface area contributed by atoms with Crippen LogP contribution >= 0.6 is 0 Å². The van der Waals surface area contributed by atoms with Gasteiger partial charge < -0.3 is 19.9 Å². The molecule has 7 nitrogen and oxygen atoms in total. The summed E-state index contributed by atoms with van der Waals surface area (Å²) in [7, 11) is 1.26. The number of amides is 2. The van der Waals surface area contributed by atoms with Crippen LogP contribution in [0.4, 0.5) is 13.6 Å². The largest absolute Gasteiger partial charge is 0.467 e. The second-order valence-electron chi connectivity index (χ2n) is 7.43. The van der Waals surface area contributed by atoms with E-state index < -0.39 is 35.7 Å². The van der Waals surface area contributed by atoms with Crippen molar-refractivity contribution in [2.45, 2.75) is 38.8 Å². The van der Waals surface area contributed by atoms with Crippen LogP contribution in [0.1, 0.15) is 43.3 Å². The van der Waals surface area contributed by atoms with Crippen LogP contribution in [0.5, 0.6) is 0 Å². The molecule has 1 aromatic heterocycles. The third-order valence-corrected chi connectivity index (χ3v) is 4.93. The molecule has 1 aliphatic heterocycles. The molecule has 0 spiro atoms. The number of aromatic amines is 1. The van der Waals surface area contributed by atoms with Gasteiger partial charge in [-0.3, -0.25) is 0 Å². The second kappa shape index (κ2) is 8.59. The van der Waals surface area contributed by atoms with Crippen LogP contribution < -0.4 is 5.32 Å². The number of hydrogen-bond acceptors (Lipinski definition) is 4. The first kappa shape index (κ1) is 20.8. The van der Waals surface area contributed by atoms with E-state index in [2.05, 4.69) is 15.3 Å². The Bertz CT molecular complexity index is 900. The highest BCUT2D eigenvalue weighted by Crippen LogP contribution is 2.35. The molecule has 9 heteroatoms. The molecule has 2 aromatic rings. The number of imidazole rings is 1. The van der Waals surface area contributed by atoms with Gasteiger partial charge in [0, 0.05) is 30.3 Å². The van der Waals surface area contributed by atoms with Gasteiger partial charge in [-0.05, 0) is 18.4 Å². The topological polar surface area (TPSA) is 87.3 Å². The van der Waals surface area contributed by atoms with E-state index in [4.69, 9.17) is 4.74 Å². The molecule has 156 valence electrons. The van der Waals surface area contributed by atoms with Gasteiger partial charge in [-0.1, -0.05) is 19.9 Å². The highest BCUT2D eigenvalue weighted by atomic mass is 19.1. The number of hydrogen-bond donors (Lipinski definition) is 2. The molecule has 3 rings (SSSR count). The van der Waals surface area contributed by atoms with E-state index in [0.29, 0.717) is 18.5 Å². The molecular formula is C20H24F2N4O3. The molecule has 0 radical (unpaired) electrons. The number of benzene rings is 1. The highest BCUT2D eigenvalue weighted by Gasteiger charge is 2.37. The van der Waals surface area contributed by atoms with Crippen LogP contribution in [0.25, 0.3) is 0 Å². The maximum atomic E-state index is 14.6.